The van der Waals surface area contributed by atoms with E-state index in [1.54, 1.807) is 0 Å². The summed E-state index contributed by atoms with van der Waals surface area (Å²) >= 11 is 0. The number of carbonyl (C=O) groups is 1. The summed E-state index contributed by atoms with van der Waals surface area (Å²) in [5, 5.41) is 14.4. The number of ether oxygens (including phenoxy) is 1. The number of anilines is 1. The van der Waals surface area contributed by atoms with Crippen molar-refractivity contribution in [1.82, 2.24) is 5.32 Å². The van der Waals surface area contributed by atoms with Gasteiger partial charge in [0.1, 0.15) is 0 Å². The molecule has 1 heterocycles. The summed E-state index contributed by atoms with van der Waals surface area (Å²) in [6.45, 7) is 3.26. The van der Waals surface area contributed by atoms with Crippen LogP contribution < -0.4 is 10.6 Å². The lowest BCUT2D eigenvalue weighted by molar-refractivity contribution is 0.189. The molecule has 1 aliphatic heterocycles. The fourth-order valence-corrected chi connectivity index (χ4v) is 2.09. The third-order valence-electron chi connectivity index (χ3n) is 3.21. The average Bonchev–Trinajstić information content (AvgIpc) is 2.95. The number of carbonyl (C=O) groups excluding carboxylic acids is 1. The quantitative estimate of drug-likeness (QED) is 0.741. The van der Waals surface area contributed by atoms with Gasteiger partial charge >= 0.3 is 6.03 Å². The van der Waals surface area contributed by atoms with E-state index >= 15 is 0 Å². The van der Waals surface area contributed by atoms with Gasteiger partial charge in [-0.2, -0.15) is 0 Å². The van der Waals surface area contributed by atoms with Crippen LogP contribution in [0.5, 0.6) is 0 Å². The molecule has 1 fully saturated rings. The van der Waals surface area contributed by atoms with Gasteiger partial charge in [0.15, 0.2) is 0 Å². The summed E-state index contributed by atoms with van der Waals surface area (Å²) in [4.78, 5) is 11.9. The lowest BCUT2D eigenvalue weighted by Crippen LogP contribution is -2.38. The number of aryl methyl sites for hydroxylation is 1. The molecule has 1 aromatic rings. The molecule has 1 unspecified atom stereocenters. The predicted octanol–water partition coefficient (Wildman–Crippen LogP) is 1.64. The molecule has 5 nitrogen and oxygen atoms in total. The maximum atomic E-state index is 11.9. The maximum Gasteiger partial charge on any atom is 0.319 e. The number of aliphatic hydroxyl groups is 1. The van der Waals surface area contributed by atoms with Crippen molar-refractivity contribution in [3.8, 4) is 11.8 Å². The lowest BCUT2D eigenvalue weighted by atomic mass is 10.1. The Morgan fingerprint density at radius 1 is 1.52 bits per heavy atom. The average molecular weight is 288 g/mol. The van der Waals surface area contributed by atoms with E-state index in [9.17, 15) is 4.79 Å². The molecular formula is C16H20N2O3. The van der Waals surface area contributed by atoms with Crippen molar-refractivity contribution in [2.24, 2.45) is 0 Å². The molecule has 1 atom stereocenters. The van der Waals surface area contributed by atoms with Gasteiger partial charge in [-0.1, -0.05) is 11.8 Å². The van der Waals surface area contributed by atoms with E-state index in [1.807, 2.05) is 25.1 Å². The van der Waals surface area contributed by atoms with E-state index in [4.69, 9.17) is 9.84 Å². The van der Waals surface area contributed by atoms with Gasteiger partial charge in [-0.05, 0) is 37.1 Å². The standard InChI is InChI=1S/C16H20N2O3/c1-12-10-13(4-2-3-8-19)5-6-15(12)18-16(20)17-14-7-9-21-11-14/h5-6,10,14,19H,3,7-9,11H2,1H3,(H2,17,18,20). The minimum absolute atomic E-state index is 0.0661. The van der Waals surface area contributed by atoms with Crippen LogP contribution in [0.25, 0.3) is 0 Å². The molecule has 0 radical (unpaired) electrons. The largest absolute Gasteiger partial charge is 0.395 e. The van der Waals surface area contributed by atoms with E-state index in [0.717, 1.165) is 23.2 Å². The molecular weight excluding hydrogens is 268 g/mol. The molecule has 0 aliphatic carbocycles. The first kappa shape index (κ1) is 15.4. The van der Waals surface area contributed by atoms with E-state index in [0.29, 0.717) is 19.6 Å². The lowest BCUT2D eigenvalue weighted by Gasteiger charge is -2.13. The van der Waals surface area contributed by atoms with Gasteiger partial charge in [0, 0.05) is 24.3 Å². The normalized spacial score (nSPS) is 17.0. The van der Waals surface area contributed by atoms with Crippen LogP contribution >= 0.6 is 0 Å². The third-order valence-corrected chi connectivity index (χ3v) is 3.21. The number of rotatable bonds is 3. The molecule has 2 amide bonds. The van der Waals surface area contributed by atoms with Gasteiger partial charge in [-0.25, -0.2) is 4.79 Å². The highest BCUT2D eigenvalue weighted by Crippen LogP contribution is 2.16. The van der Waals surface area contributed by atoms with Gasteiger partial charge in [0.2, 0.25) is 0 Å². The highest BCUT2D eigenvalue weighted by molar-refractivity contribution is 5.90. The first-order valence-corrected chi connectivity index (χ1v) is 7.04. The molecule has 1 saturated heterocycles. The van der Waals surface area contributed by atoms with Crippen molar-refractivity contribution in [3.63, 3.8) is 0 Å². The summed E-state index contributed by atoms with van der Waals surface area (Å²) in [6, 6.07) is 5.48. The van der Waals surface area contributed by atoms with Crippen molar-refractivity contribution in [2.75, 3.05) is 25.1 Å². The Hall–Kier alpha value is -2.03. The van der Waals surface area contributed by atoms with Crippen LogP contribution in [0.1, 0.15) is 24.0 Å². The van der Waals surface area contributed by atoms with E-state index in [2.05, 4.69) is 22.5 Å². The minimum Gasteiger partial charge on any atom is -0.395 e. The fraction of sp³-hybridized carbons (Fsp3) is 0.438. The summed E-state index contributed by atoms with van der Waals surface area (Å²) in [5.74, 6) is 5.84. The first-order valence-electron chi connectivity index (χ1n) is 7.04. The van der Waals surface area contributed by atoms with Crippen LogP contribution in [0.15, 0.2) is 18.2 Å². The highest BCUT2D eigenvalue weighted by Gasteiger charge is 2.17. The Morgan fingerprint density at radius 3 is 3.05 bits per heavy atom. The second-order valence-electron chi connectivity index (χ2n) is 4.96. The zero-order valence-electron chi connectivity index (χ0n) is 12.1. The topological polar surface area (TPSA) is 70.6 Å². The second-order valence-corrected chi connectivity index (χ2v) is 4.96. The molecule has 0 bridgehead atoms. The van der Waals surface area contributed by atoms with Crippen LogP contribution in [-0.4, -0.2) is 37.0 Å². The van der Waals surface area contributed by atoms with Crippen LogP contribution in [0.2, 0.25) is 0 Å². The molecule has 0 spiro atoms. The SMILES string of the molecule is Cc1cc(C#CCCO)ccc1NC(=O)NC1CCOC1. The van der Waals surface area contributed by atoms with E-state index in [-0.39, 0.29) is 18.7 Å². The molecule has 2 rings (SSSR count). The van der Waals surface area contributed by atoms with Crippen LogP contribution in [0.3, 0.4) is 0 Å². The summed E-state index contributed by atoms with van der Waals surface area (Å²) in [6.07, 6.45) is 1.32. The number of aliphatic hydroxyl groups excluding tert-OH is 1. The summed E-state index contributed by atoms with van der Waals surface area (Å²) < 4.78 is 5.22. The van der Waals surface area contributed by atoms with Crippen molar-refractivity contribution >= 4 is 11.7 Å². The Bertz CT molecular complexity index is 554. The van der Waals surface area contributed by atoms with Gasteiger partial charge < -0.3 is 20.5 Å². The zero-order chi connectivity index (χ0) is 15.1. The minimum atomic E-state index is -0.215. The van der Waals surface area contributed by atoms with Crippen LogP contribution in [-0.2, 0) is 4.74 Å². The molecule has 1 aromatic carbocycles. The summed E-state index contributed by atoms with van der Waals surface area (Å²) in [5.41, 5.74) is 2.58. The maximum absolute atomic E-state index is 11.9. The van der Waals surface area contributed by atoms with Gasteiger partial charge in [0.05, 0.1) is 19.3 Å². The number of benzene rings is 1. The number of nitrogens with one attached hydrogen (secondary N) is 2. The van der Waals surface area contributed by atoms with Gasteiger partial charge in [0.25, 0.3) is 0 Å². The smallest absolute Gasteiger partial charge is 0.319 e. The number of hydrogen-bond donors (Lipinski definition) is 3. The Kier molecular flexibility index (Phi) is 5.61. The van der Waals surface area contributed by atoms with E-state index in [1.165, 1.54) is 0 Å². The molecule has 112 valence electrons. The van der Waals surface area contributed by atoms with Crippen LogP contribution in [0, 0.1) is 18.8 Å². The Morgan fingerprint density at radius 2 is 2.38 bits per heavy atom. The summed E-state index contributed by atoms with van der Waals surface area (Å²) in [7, 11) is 0. The monoisotopic (exact) mass is 288 g/mol. The Labute approximate surface area is 124 Å². The molecule has 3 N–H and O–H groups in total. The number of amides is 2. The van der Waals surface area contributed by atoms with Gasteiger partial charge in [-0.15, -0.1) is 0 Å². The van der Waals surface area contributed by atoms with E-state index < -0.39 is 0 Å². The second kappa shape index (κ2) is 7.67. The first-order chi connectivity index (χ1) is 10.2. The predicted molar refractivity (Wildman–Crippen MR) is 81.1 cm³/mol. The van der Waals surface area contributed by atoms with Gasteiger partial charge in [-0.3, -0.25) is 0 Å². The number of hydrogen-bond acceptors (Lipinski definition) is 3. The zero-order valence-corrected chi connectivity index (χ0v) is 12.1. The molecule has 1 aliphatic rings. The Balaban J connectivity index is 1.94. The van der Waals surface area contributed by atoms with Crippen LogP contribution in [0.4, 0.5) is 10.5 Å². The van der Waals surface area contributed by atoms with Crippen molar-refractivity contribution < 1.29 is 14.6 Å². The van der Waals surface area contributed by atoms with Crippen molar-refractivity contribution in [1.29, 1.82) is 0 Å². The fourth-order valence-electron chi connectivity index (χ4n) is 2.09. The molecule has 21 heavy (non-hydrogen) atoms. The van der Waals surface area contributed by atoms with Crippen molar-refractivity contribution in [2.45, 2.75) is 25.8 Å². The highest BCUT2D eigenvalue weighted by atomic mass is 16.5. The number of urea groups is 1. The molecule has 0 saturated carbocycles. The molecule has 5 heteroatoms. The van der Waals surface area contributed by atoms with Crippen molar-refractivity contribution in [3.05, 3.63) is 29.3 Å². The third kappa shape index (κ3) is 4.78. The molecule has 0 aromatic heterocycles.